The highest BCUT2D eigenvalue weighted by Gasteiger charge is 2.20. The number of nitriles is 1. The van der Waals surface area contributed by atoms with E-state index in [1.807, 2.05) is 24.9 Å². The van der Waals surface area contributed by atoms with E-state index in [0.29, 0.717) is 54.4 Å². The summed E-state index contributed by atoms with van der Waals surface area (Å²) < 4.78 is 10.4. The lowest BCUT2D eigenvalue weighted by Gasteiger charge is -2.17. The highest BCUT2D eigenvalue weighted by atomic mass is 35.5. The molecule has 0 N–H and O–H groups in total. The maximum atomic E-state index is 9.73. The van der Waals surface area contributed by atoms with Gasteiger partial charge in [0.05, 0.1) is 22.1 Å². The fraction of sp³-hybridized carbons (Fsp3) is 0.227. The first-order valence-electron chi connectivity index (χ1n) is 9.30. The van der Waals surface area contributed by atoms with Crippen LogP contribution in [0.15, 0.2) is 35.3 Å². The third-order valence-electron chi connectivity index (χ3n) is 4.60. The number of aryl methyl sites for hydroxylation is 1. The Morgan fingerprint density at radius 1 is 1.19 bits per heavy atom. The number of hydrogen-bond acceptors (Lipinski definition) is 5. The van der Waals surface area contributed by atoms with Crippen molar-refractivity contribution in [3.8, 4) is 28.1 Å². The Bertz CT molecular complexity index is 1180. The van der Waals surface area contributed by atoms with Gasteiger partial charge in [0, 0.05) is 41.3 Å². The zero-order valence-electron chi connectivity index (χ0n) is 17.3. The van der Waals surface area contributed by atoms with E-state index in [1.54, 1.807) is 30.6 Å². The fourth-order valence-corrected chi connectivity index (χ4v) is 3.98. The van der Waals surface area contributed by atoms with Crippen molar-refractivity contribution in [3.63, 3.8) is 0 Å². The van der Waals surface area contributed by atoms with E-state index in [4.69, 9.17) is 39.5 Å². The van der Waals surface area contributed by atoms with Gasteiger partial charge in [0.25, 0.3) is 0 Å². The maximum absolute atomic E-state index is 9.73. The Morgan fingerprint density at radius 3 is 2.58 bits per heavy atom. The number of hydrogen-bond donors (Lipinski definition) is 0. The molecular weight excluding hydrogens is 475 g/mol. The van der Waals surface area contributed by atoms with Crippen LogP contribution in [0.2, 0.25) is 15.1 Å². The first-order chi connectivity index (χ1) is 14.7. The average molecular weight is 494 g/mol. The highest BCUT2D eigenvalue weighted by Crippen LogP contribution is 2.41. The van der Waals surface area contributed by atoms with Gasteiger partial charge in [-0.3, -0.25) is 0 Å². The molecule has 0 aliphatic carbocycles. The Hall–Kier alpha value is -2.30. The molecule has 3 rings (SSSR count). The Kier molecular flexibility index (Phi) is 7.45. The molecule has 0 aliphatic rings. The molecule has 0 atom stereocenters. The molecule has 0 aliphatic heterocycles. The molecule has 3 aromatic rings. The van der Waals surface area contributed by atoms with Crippen LogP contribution in [0.3, 0.4) is 0 Å². The standard InChI is InChI=1S/C22H19Cl3N4OS/c1-12(2)29(4)11-27-19-7-13(3)20(9-18(19)25)30-22-16(10-26)21(28-31-22)15-6-5-14(23)8-17(15)24/h5-9,11-12H,1-4H3. The van der Waals surface area contributed by atoms with Crippen molar-refractivity contribution in [1.29, 1.82) is 5.26 Å². The van der Waals surface area contributed by atoms with E-state index in [0.717, 1.165) is 17.1 Å². The highest BCUT2D eigenvalue weighted by molar-refractivity contribution is 7.08. The molecule has 160 valence electrons. The predicted octanol–water partition coefficient (Wildman–Crippen LogP) is 7.74. The van der Waals surface area contributed by atoms with Gasteiger partial charge in [-0.1, -0.05) is 34.8 Å². The minimum Gasteiger partial charge on any atom is -0.443 e. The van der Waals surface area contributed by atoms with Crippen molar-refractivity contribution in [3.05, 3.63) is 56.5 Å². The Labute approximate surface area is 200 Å². The number of nitrogens with zero attached hydrogens (tertiary/aromatic N) is 4. The molecule has 5 nitrogen and oxygen atoms in total. The smallest absolute Gasteiger partial charge is 0.218 e. The molecule has 0 amide bonds. The number of ether oxygens (including phenoxy) is 1. The summed E-state index contributed by atoms with van der Waals surface area (Å²) in [5, 5.41) is 11.4. The van der Waals surface area contributed by atoms with Crippen LogP contribution in [0.1, 0.15) is 25.0 Å². The van der Waals surface area contributed by atoms with Gasteiger partial charge < -0.3 is 9.64 Å². The maximum Gasteiger partial charge on any atom is 0.218 e. The molecule has 0 unspecified atom stereocenters. The van der Waals surface area contributed by atoms with Crippen LogP contribution in [-0.4, -0.2) is 28.7 Å². The summed E-state index contributed by atoms with van der Waals surface area (Å²) in [5.41, 5.74) is 2.82. The van der Waals surface area contributed by atoms with Gasteiger partial charge in [-0.2, -0.15) is 9.64 Å². The van der Waals surface area contributed by atoms with E-state index in [9.17, 15) is 5.26 Å². The van der Waals surface area contributed by atoms with Gasteiger partial charge in [0.15, 0.2) is 0 Å². The summed E-state index contributed by atoms with van der Waals surface area (Å²) in [6, 6.07) is 11.1. The van der Waals surface area contributed by atoms with Crippen molar-refractivity contribution in [1.82, 2.24) is 9.27 Å². The van der Waals surface area contributed by atoms with Crippen molar-refractivity contribution in [2.24, 2.45) is 4.99 Å². The summed E-state index contributed by atoms with van der Waals surface area (Å²) in [4.78, 5) is 6.44. The van der Waals surface area contributed by atoms with E-state index >= 15 is 0 Å². The zero-order chi connectivity index (χ0) is 22.7. The normalized spacial score (nSPS) is 11.2. The number of benzene rings is 2. The fourth-order valence-electron chi connectivity index (χ4n) is 2.55. The van der Waals surface area contributed by atoms with E-state index in [1.165, 1.54) is 0 Å². The lowest BCUT2D eigenvalue weighted by molar-refractivity contribution is 0.429. The van der Waals surface area contributed by atoms with Gasteiger partial charge in [-0.15, -0.1) is 0 Å². The van der Waals surface area contributed by atoms with Crippen LogP contribution in [0.4, 0.5) is 5.69 Å². The first-order valence-corrected chi connectivity index (χ1v) is 11.2. The average Bonchev–Trinajstić information content (AvgIpc) is 3.11. The molecular formula is C22H19Cl3N4OS. The number of aliphatic imine (C=N–C) groups is 1. The quantitative estimate of drug-likeness (QED) is 0.260. The summed E-state index contributed by atoms with van der Waals surface area (Å²) in [7, 11) is 1.95. The Balaban J connectivity index is 1.92. The van der Waals surface area contributed by atoms with Crippen molar-refractivity contribution < 1.29 is 4.74 Å². The third-order valence-corrected chi connectivity index (χ3v) is 6.18. The zero-order valence-corrected chi connectivity index (χ0v) is 20.4. The van der Waals surface area contributed by atoms with E-state index < -0.39 is 0 Å². The monoisotopic (exact) mass is 492 g/mol. The molecule has 1 aromatic heterocycles. The van der Waals surface area contributed by atoms with Crippen LogP contribution in [-0.2, 0) is 0 Å². The summed E-state index contributed by atoms with van der Waals surface area (Å²) in [6.45, 7) is 6.03. The van der Waals surface area contributed by atoms with Gasteiger partial charge in [0.1, 0.15) is 23.1 Å². The summed E-state index contributed by atoms with van der Waals surface area (Å²) >= 11 is 19.8. The van der Waals surface area contributed by atoms with Crippen LogP contribution in [0, 0.1) is 18.3 Å². The minimum absolute atomic E-state index is 0.297. The number of aromatic nitrogens is 1. The number of halogens is 3. The molecule has 0 fully saturated rings. The van der Waals surface area contributed by atoms with Crippen LogP contribution >= 0.6 is 46.3 Å². The second-order valence-electron chi connectivity index (χ2n) is 7.10. The SMILES string of the molecule is Cc1cc(N=CN(C)C(C)C)c(Cl)cc1Oc1snc(-c2ccc(Cl)cc2Cl)c1C#N. The molecule has 0 bridgehead atoms. The van der Waals surface area contributed by atoms with Gasteiger partial charge >= 0.3 is 0 Å². The van der Waals surface area contributed by atoms with Crippen molar-refractivity contribution in [2.75, 3.05) is 7.05 Å². The van der Waals surface area contributed by atoms with Gasteiger partial charge in [0.2, 0.25) is 5.06 Å². The molecule has 1 heterocycles. The Morgan fingerprint density at radius 2 is 1.94 bits per heavy atom. The van der Waals surface area contributed by atoms with Crippen LogP contribution < -0.4 is 4.74 Å². The molecule has 9 heteroatoms. The van der Waals surface area contributed by atoms with Crippen LogP contribution in [0.25, 0.3) is 11.3 Å². The molecule has 2 aromatic carbocycles. The predicted molar refractivity (Wildman–Crippen MR) is 130 cm³/mol. The molecule has 0 saturated carbocycles. The largest absolute Gasteiger partial charge is 0.443 e. The van der Waals surface area contributed by atoms with E-state index in [2.05, 4.69) is 29.3 Å². The van der Waals surface area contributed by atoms with E-state index in [-0.39, 0.29) is 0 Å². The second kappa shape index (κ2) is 9.88. The molecule has 0 radical (unpaired) electrons. The van der Waals surface area contributed by atoms with Gasteiger partial charge in [-0.05, 0) is 50.6 Å². The lowest BCUT2D eigenvalue weighted by Crippen LogP contribution is -2.24. The number of rotatable bonds is 6. The topological polar surface area (TPSA) is 61.5 Å². The van der Waals surface area contributed by atoms with Crippen LogP contribution in [0.5, 0.6) is 10.8 Å². The lowest BCUT2D eigenvalue weighted by atomic mass is 10.1. The van der Waals surface area contributed by atoms with Crippen molar-refractivity contribution in [2.45, 2.75) is 26.8 Å². The summed E-state index contributed by atoms with van der Waals surface area (Å²) in [6.07, 6.45) is 1.74. The molecule has 0 saturated heterocycles. The second-order valence-corrected chi connectivity index (χ2v) is 9.09. The van der Waals surface area contributed by atoms with Crippen molar-refractivity contribution >= 4 is 58.4 Å². The summed E-state index contributed by atoms with van der Waals surface area (Å²) in [5.74, 6) is 0.523. The molecule has 0 spiro atoms. The third kappa shape index (κ3) is 5.31. The molecule has 31 heavy (non-hydrogen) atoms. The van der Waals surface area contributed by atoms with Gasteiger partial charge in [-0.25, -0.2) is 4.99 Å². The first kappa shape index (κ1) is 23.4. The minimum atomic E-state index is 0.297.